The van der Waals surface area contributed by atoms with E-state index >= 15 is 0 Å². The van der Waals surface area contributed by atoms with E-state index in [0.29, 0.717) is 32.6 Å². The second-order valence-corrected chi connectivity index (χ2v) is 11.5. The van der Waals surface area contributed by atoms with Gasteiger partial charge in [0.05, 0.1) is 23.4 Å². The van der Waals surface area contributed by atoms with Gasteiger partial charge in [0.1, 0.15) is 0 Å². The highest BCUT2D eigenvalue weighted by Crippen LogP contribution is 2.28. The number of amides is 2. The van der Waals surface area contributed by atoms with Crippen molar-refractivity contribution in [2.24, 2.45) is 11.6 Å². The van der Waals surface area contributed by atoms with E-state index in [9.17, 15) is 9.59 Å². The molecule has 2 amide bonds. The Morgan fingerprint density at radius 2 is 1.85 bits per heavy atom. The zero-order chi connectivity index (χ0) is 28.9. The van der Waals surface area contributed by atoms with Crippen molar-refractivity contribution in [3.8, 4) is 0 Å². The Labute approximate surface area is 233 Å². The number of hydrogen-bond acceptors (Lipinski definition) is 9. The Balaban J connectivity index is 1.83. The summed E-state index contributed by atoms with van der Waals surface area (Å²) in [5.74, 6) is 6.14. The molecule has 0 spiro atoms. The van der Waals surface area contributed by atoms with Crippen molar-refractivity contribution in [3.05, 3.63) is 75.9 Å². The van der Waals surface area contributed by atoms with Crippen LogP contribution in [0.5, 0.6) is 0 Å². The molecule has 0 unspecified atom stereocenters. The Morgan fingerprint density at radius 1 is 1.13 bits per heavy atom. The standard InChI is InChI=1S/C28H37N7O3S/c1-17-8-9-21(32-25(36)19-10-18(15-34(5)6)11-20(12-19)28(2,3)4)13-23(17)35(30)16-22(29)24-14-31-26(39-24)33-27(37)38-7/h8-14,16H,15,29-30H2,1-7H3,(H,32,36)(H,31,33,37)/b22-16-. The molecule has 3 aromatic rings. The summed E-state index contributed by atoms with van der Waals surface area (Å²) in [7, 11) is 5.28. The smallest absolute Gasteiger partial charge is 0.413 e. The third-order valence-electron chi connectivity index (χ3n) is 5.83. The van der Waals surface area contributed by atoms with Crippen LogP contribution in [0, 0.1) is 6.92 Å². The number of nitrogens with one attached hydrogen (secondary N) is 2. The third kappa shape index (κ3) is 8.03. The van der Waals surface area contributed by atoms with Crippen LogP contribution < -0.4 is 27.2 Å². The minimum absolute atomic E-state index is 0.102. The van der Waals surface area contributed by atoms with Gasteiger partial charge in [-0.2, -0.15) is 0 Å². The van der Waals surface area contributed by atoms with Gasteiger partial charge in [-0.05, 0) is 67.4 Å². The Morgan fingerprint density at radius 3 is 2.49 bits per heavy atom. The van der Waals surface area contributed by atoms with Gasteiger partial charge >= 0.3 is 6.09 Å². The van der Waals surface area contributed by atoms with Crippen molar-refractivity contribution < 1.29 is 14.3 Å². The van der Waals surface area contributed by atoms with Gasteiger partial charge in [0.25, 0.3) is 5.91 Å². The second-order valence-electron chi connectivity index (χ2n) is 10.5. The summed E-state index contributed by atoms with van der Waals surface area (Å²) in [6, 6.07) is 11.5. The van der Waals surface area contributed by atoms with E-state index in [1.165, 1.54) is 29.7 Å². The van der Waals surface area contributed by atoms with Crippen LogP contribution in [0.2, 0.25) is 0 Å². The molecular weight excluding hydrogens is 514 g/mol. The highest BCUT2D eigenvalue weighted by molar-refractivity contribution is 7.16. The monoisotopic (exact) mass is 551 g/mol. The summed E-state index contributed by atoms with van der Waals surface area (Å²) in [6.45, 7) is 9.04. The fourth-order valence-electron chi connectivity index (χ4n) is 3.77. The van der Waals surface area contributed by atoms with Crippen molar-refractivity contribution in [3.63, 3.8) is 0 Å². The molecule has 0 aliphatic carbocycles. The number of aryl methyl sites for hydroxylation is 1. The number of ether oxygens (including phenoxy) is 1. The van der Waals surface area contributed by atoms with Gasteiger partial charge in [0.15, 0.2) is 5.13 Å². The quantitative estimate of drug-likeness (QED) is 0.230. The van der Waals surface area contributed by atoms with Gasteiger partial charge < -0.3 is 20.7 Å². The molecule has 0 bridgehead atoms. The molecule has 1 aromatic heterocycles. The predicted octanol–water partition coefficient (Wildman–Crippen LogP) is 4.88. The van der Waals surface area contributed by atoms with Crippen molar-refractivity contribution in [1.29, 1.82) is 0 Å². The lowest BCUT2D eigenvalue weighted by atomic mass is 9.85. The SMILES string of the molecule is COC(=O)Nc1ncc(/C(N)=C/N(N)c2cc(NC(=O)c3cc(CN(C)C)cc(C(C)(C)C)c3)ccc2C)s1. The molecule has 11 heteroatoms. The maximum atomic E-state index is 13.3. The molecule has 39 heavy (non-hydrogen) atoms. The first-order valence-corrected chi connectivity index (χ1v) is 13.1. The Kier molecular flexibility index (Phi) is 9.33. The number of anilines is 3. The van der Waals surface area contributed by atoms with Crippen molar-refractivity contribution in [1.82, 2.24) is 9.88 Å². The molecule has 0 saturated carbocycles. The molecule has 0 atom stereocenters. The summed E-state index contributed by atoms with van der Waals surface area (Å²) in [4.78, 5) is 31.5. The van der Waals surface area contributed by atoms with Gasteiger partial charge in [-0.3, -0.25) is 15.1 Å². The maximum absolute atomic E-state index is 13.3. The highest BCUT2D eigenvalue weighted by Gasteiger charge is 2.19. The fourth-order valence-corrected chi connectivity index (χ4v) is 4.49. The molecule has 0 saturated heterocycles. The molecule has 0 fully saturated rings. The van der Waals surface area contributed by atoms with Crippen LogP contribution in [-0.4, -0.2) is 43.1 Å². The number of hydrogen-bond donors (Lipinski definition) is 4. The molecule has 10 nitrogen and oxygen atoms in total. The Bertz CT molecular complexity index is 1380. The Hall–Kier alpha value is -3.93. The predicted molar refractivity (Wildman–Crippen MR) is 159 cm³/mol. The lowest BCUT2D eigenvalue weighted by Crippen LogP contribution is -2.26. The lowest BCUT2D eigenvalue weighted by Gasteiger charge is -2.22. The van der Waals surface area contributed by atoms with Crippen LogP contribution in [0.1, 0.15) is 52.7 Å². The number of hydrazine groups is 1. The summed E-state index contributed by atoms with van der Waals surface area (Å²) < 4.78 is 4.58. The van der Waals surface area contributed by atoms with Crippen LogP contribution >= 0.6 is 11.3 Å². The number of benzene rings is 2. The van der Waals surface area contributed by atoms with E-state index in [2.05, 4.69) is 52.1 Å². The van der Waals surface area contributed by atoms with Gasteiger partial charge in [-0.25, -0.2) is 15.6 Å². The minimum atomic E-state index is -0.618. The van der Waals surface area contributed by atoms with Gasteiger partial charge in [-0.15, -0.1) is 0 Å². The molecule has 3 rings (SSSR count). The first kappa shape index (κ1) is 29.6. The molecule has 2 aromatic carbocycles. The van der Waals surface area contributed by atoms with Crippen molar-refractivity contribution >= 4 is 45.5 Å². The van der Waals surface area contributed by atoms with E-state index in [0.717, 1.165) is 23.2 Å². The average molecular weight is 552 g/mol. The zero-order valence-electron chi connectivity index (χ0n) is 23.5. The summed E-state index contributed by atoms with van der Waals surface area (Å²) >= 11 is 1.18. The van der Waals surface area contributed by atoms with Crippen molar-refractivity contribution in [2.75, 3.05) is 36.8 Å². The largest absolute Gasteiger partial charge is 0.453 e. The van der Waals surface area contributed by atoms with Crippen LogP contribution in [0.15, 0.2) is 48.8 Å². The van der Waals surface area contributed by atoms with E-state index in [1.807, 2.05) is 45.3 Å². The molecule has 0 aliphatic heterocycles. The van der Waals surface area contributed by atoms with E-state index in [1.54, 1.807) is 12.3 Å². The topological polar surface area (TPSA) is 139 Å². The number of rotatable bonds is 8. The highest BCUT2D eigenvalue weighted by atomic mass is 32.1. The van der Waals surface area contributed by atoms with Gasteiger partial charge in [-0.1, -0.05) is 44.2 Å². The number of thiazole rings is 1. The van der Waals surface area contributed by atoms with E-state index in [-0.39, 0.29) is 11.3 Å². The third-order valence-corrected chi connectivity index (χ3v) is 6.79. The van der Waals surface area contributed by atoms with Crippen LogP contribution in [-0.2, 0) is 16.7 Å². The van der Waals surface area contributed by atoms with E-state index < -0.39 is 6.09 Å². The minimum Gasteiger partial charge on any atom is -0.453 e. The summed E-state index contributed by atoms with van der Waals surface area (Å²) in [5, 5.41) is 7.25. The summed E-state index contributed by atoms with van der Waals surface area (Å²) in [6.07, 6.45) is 2.48. The second kappa shape index (κ2) is 12.3. The van der Waals surface area contributed by atoms with Gasteiger partial charge in [0, 0.05) is 30.2 Å². The number of methoxy groups -OCH3 is 1. The first-order chi connectivity index (χ1) is 18.3. The number of nitrogens with zero attached hydrogens (tertiary/aromatic N) is 3. The lowest BCUT2D eigenvalue weighted by molar-refractivity contribution is 0.102. The van der Waals surface area contributed by atoms with Crippen LogP contribution in [0.3, 0.4) is 0 Å². The molecule has 1 heterocycles. The van der Waals surface area contributed by atoms with Crippen LogP contribution in [0.25, 0.3) is 5.70 Å². The first-order valence-electron chi connectivity index (χ1n) is 12.3. The molecule has 0 radical (unpaired) electrons. The maximum Gasteiger partial charge on any atom is 0.413 e. The fraction of sp³-hybridized carbons (Fsp3) is 0.321. The number of nitrogens with two attached hydrogens (primary N) is 2. The van der Waals surface area contributed by atoms with Gasteiger partial charge in [0.2, 0.25) is 0 Å². The number of aromatic nitrogens is 1. The summed E-state index contributed by atoms with van der Waals surface area (Å²) in [5.41, 5.74) is 11.4. The number of carbonyl (C=O) groups excluding carboxylic acids is 2. The number of carbonyl (C=O) groups is 2. The molecule has 0 aliphatic rings. The zero-order valence-corrected chi connectivity index (χ0v) is 24.3. The average Bonchev–Trinajstić information content (AvgIpc) is 3.32. The molecule has 208 valence electrons. The normalized spacial score (nSPS) is 11.9. The molecular formula is C28H37N7O3S. The molecule has 6 N–H and O–H groups in total. The van der Waals surface area contributed by atoms with E-state index in [4.69, 9.17) is 11.6 Å². The van der Waals surface area contributed by atoms with Crippen molar-refractivity contribution in [2.45, 2.75) is 39.7 Å². The van der Waals surface area contributed by atoms with Crippen LogP contribution in [0.4, 0.5) is 21.3 Å².